The second-order valence-corrected chi connectivity index (χ2v) is 6.50. The molecule has 3 rings (SSSR count). The standard InChI is InChI=1S/C19H20ClN3O3/c1-2-12-3-6-17(24)14(9-12)19(26)22-13-4-5-16(15(20)10-13)23-8-7-21-18(25)11-23/h3-6,9-10,24H,2,7-8,11H2,1H3,(H,21,25)(H,22,26). The lowest BCUT2D eigenvalue weighted by atomic mass is 10.1. The number of hydrogen-bond acceptors (Lipinski definition) is 4. The summed E-state index contributed by atoms with van der Waals surface area (Å²) in [5, 5.41) is 15.9. The first-order chi connectivity index (χ1) is 12.5. The smallest absolute Gasteiger partial charge is 0.259 e. The Kier molecular flexibility index (Phi) is 5.32. The average Bonchev–Trinajstić information content (AvgIpc) is 2.62. The van der Waals surface area contributed by atoms with E-state index < -0.39 is 5.91 Å². The molecule has 1 heterocycles. The molecule has 0 atom stereocenters. The van der Waals surface area contributed by atoms with Crippen molar-refractivity contribution in [2.75, 3.05) is 29.9 Å². The highest BCUT2D eigenvalue weighted by molar-refractivity contribution is 6.33. The maximum atomic E-state index is 12.5. The van der Waals surface area contributed by atoms with E-state index >= 15 is 0 Å². The molecule has 26 heavy (non-hydrogen) atoms. The number of carbonyl (C=O) groups is 2. The van der Waals surface area contributed by atoms with Crippen LogP contribution < -0.4 is 15.5 Å². The second kappa shape index (κ2) is 7.66. The Morgan fingerprint density at radius 2 is 2.12 bits per heavy atom. The first kappa shape index (κ1) is 18.1. The number of anilines is 2. The van der Waals surface area contributed by atoms with E-state index in [-0.39, 0.29) is 23.8 Å². The lowest BCUT2D eigenvalue weighted by Gasteiger charge is -2.29. The largest absolute Gasteiger partial charge is 0.507 e. The van der Waals surface area contributed by atoms with E-state index in [0.717, 1.165) is 17.7 Å². The number of piperazine rings is 1. The SMILES string of the molecule is CCc1ccc(O)c(C(=O)Nc2ccc(N3CCNC(=O)C3)c(Cl)c2)c1. The summed E-state index contributed by atoms with van der Waals surface area (Å²) in [7, 11) is 0. The number of halogens is 1. The third-order valence-electron chi connectivity index (χ3n) is 4.30. The number of aromatic hydroxyl groups is 1. The normalized spacial score (nSPS) is 14.1. The quantitative estimate of drug-likeness (QED) is 0.769. The predicted molar refractivity (Wildman–Crippen MR) is 102 cm³/mol. The number of carbonyl (C=O) groups excluding carboxylic acids is 2. The van der Waals surface area contributed by atoms with Crippen molar-refractivity contribution < 1.29 is 14.7 Å². The van der Waals surface area contributed by atoms with Gasteiger partial charge < -0.3 is 20.6 Å². The lowest BCUT2D eigenvalue weighted by Crippen LogP contribution is -2.47. The Bertz CT molecular complexity index is 854. The van der Waals surface area contributed by atoms with E-state index in [9.17, 15) is 14.7 Å². The van der Waals surface area contributed by atoms with Crippen molar-refractivity contribution in [3.8, 4) is 5.75 Å². The number of nitrogens with zero attached hydrogens (tertiary/aromatic N) is 1. The van der Waals surface area contributed by atoms with Crippen LogP contribution in [0.25, 0.3) is 0 Å². The minimum atomic E-state index is -0.404. The third kappa shape index (κ3) is 3.91. The number of amides is 2. The summed E-state index contributed by atoms with van der Waals surface area (Å²) in [5.74, 6) is -0.517. The molecule has 0 aliphatic carbocycles. The first-order valence-corrected chi connectivity index (χ1v) is 8.80. The van der Waals surface area contributed by atoms with Gasteiger partial charge in [0.05, 0.1) is 22.8 Å². The Morgan fingerprint density at radius 3 is 2.81 bits per heavy atom. The molecule has 6 nitrogen and oxygen atoms in total. The summed E-state index contributed by atoms with van der Waals surface area (Å²) < 4.78 is 0. The van der Waals surface area contributed by atoms with Gasteiger partial charge in [-0.3, -0.25) is 9.59 Å². The molecule has 3 N–H and O–H groups in total. The summed E-state index contributed by atoms with van der Waals surface area (Å²) in [4.78, 5) is 25.9. The zero-order valence-electron chi connectivity index (χ0n) is 14.4. The molecule has 0 saturated carbocycles. The monoisotopic (exact) mass is 373 g/mol. The van der Waals surface area contributed by atoms with Gasteiger partial charge in [0.2, 0.25) is 5.91 Å². The molecular formula is C19H20ClN3O3. The molecule has 2 amide bonds. The van der Waals surface area contributed by atoms with Gasteiger partial charge in [-0.25, -0.2) is 0 Å². The minimum Gasteiger partial charge on any atom is -0.507 e. The molecule has 1 aliphatic heterocycles. The second-order valence-electron chi connectivity index (χ2n) is 6.10. The van der Waals surface area contributed by atoms with Crippen molar-refractivity contribution in [3.63, 3.8) is 0 Å². The van der Waals surface area contributed by atoms with Crippen molar-refractivity contribution in [2.24, 2.45) is 0 Å². The van der Waals surface area contributed by atoms with Gasteiger partial charge in [0.1, 0.15) is 5.75 Å². The van der Waals surface area contributed by atoms with E-state index in [4.69, 9.17) is 11.6 Å². The maximum absolute atomic E-state index is 12.5. The summed E-state index contributed by atoms with van der Waals surface area (Å²) in [6.45, 7) is 3.48. The third-order valence-corrected chi connectivity index (χ3v) is 4.60. The van der Waals surface area contributed by atoms with Crippen molar-refractivity contribution >= 4 is 34.8 Å². The molecule has 136 valence electrons. The Labute approximate surface area is 156 Å². The maximum Gasteiger partial charge on any atom is 0.259 e. The number of phenolic OH excluding ortho intramolecular Hbond substituents is 1. The number of nitrogens with one attached hydrogen (secondary N) is 2. The molecule has 1 saturated heterocycles. The van der Waals surface area contributed by atoms with Crippen LogP contribution in [0.1, 0.15) is 22.8 Å². The first-order valence-electron chi connectivity index (χ1n) is 8.42. The molecular weight excluding hydrogens is 354 g/mol. The predicted octanol–water partition coefficient (Wildman–Crippen LogP) is 2.80. The zero-order chi connectivity index (χ0) is 18.7. The van der Waals surface area contributed by atoms with Gasteiger partial charge >= 0.3 is 0 Å². The Hall–Kier alpha value is -2.73. The van der Waals surface area contributed by atoms with Gasteiger partial charge in [-0.05, 0) is 42.3 Å². The topological polar surface area (TPSA) is 81.7 Å². The fraction of sp³-hybridized carbons (Fsp3) is 0.263. The molecule has 2 aromatic rings. The molecule has 1 fully saturated rings. The van der Waals surface area contributed by atoms with Crippen LogP contribution in [0.2, 0.25) is 5.02 Å². The van der Waals surface area contributed by atoms with E-state index in [2.05, 4.69) is 10.6 Å². The minimum absolute atomic E-state index is 0.0454. The average molecular weight is 374 g/mol. The van der Waals surface area contributed by atoms with Crippen LogP contribution in [-0.2, 0) is 11.2 Å². The number of rotatable bonds is 4. The van der Waals surface area contributed by atoms with Crippen molar-refractivity contribution in [1.29, 1.82) is 0 Å². The fourth-order valence-electron chi connectivity index (χ4n) is 2.87. The zero-order valence-corrected chi connectivity index (χ0v) is 15.1. The summed E-state index contributed by atoms with van der Waals surface area (Å²) in [5.41, 5.74) is 2.45. The van der Waals surface area contributed by atoms with E-state index in [1.165, 1.54) is 6.07 Å². The van der Waals surface area contributed by atoms with E-state index in [1.54, 1.807) is 30.3 Å². The highest BCUT2D eigenvalue weighted by Gasteiger charge is 2.19. The Balaban J connectivity index is 1.77. The molecule has 0 unspecified atom stereocenters. The van der Waals surface area contributed by atoms with Crippen LogP contribution in [0.5, 0.6) is 5.75 Å². The molecule has 0 spiro atoms. The van der Waals surface area contributed by atoms with Crippen LogP contribution in [0.3, 0.4) is 0 Å². The summed E-state index contributed by atoms with van der Waals surface area (Å²) in [6, 6.07) is 10.1. The lowest BCUT2D eigenvalue weighted by molar-refractivity contribution is -0.120. The number of phenols is 1. The van der Waals surface area contributed by atoms with Gasteiger partial charge in [0, 0.05) is 18.8 Å². The number of aryl methyl sites for hydroxylation is 1. The van der Waals surface area contributed by atoms with Crippen LogP contribution in [0, 0.1) is 0 Å². The van der Waals surface area contributed by atoms with Gasteiger partial charge in [0.15, 0.2) is 0 Å². The van der Waals surface area contributed by atoms with Gasteiger partial charge in [-0.1, -0.05) is 24.6 Å². The molecule has 0 aromatic heterocycles. The van der Waals surface area contributed by atoms with Crippen molar-refractivity contribution in [3.05, 3.63) is 52.5 Å². The van der Waals surface area contributed by atoms with Crippen LogP contribution in [0.4, 0.5) is 11.4 Å². The molecule has 0 radical (unpaired) electrons. The Morgan fingerprint density at radius 1 is 1.31 bits per heavy atom. The van der Waals surface area contributed by atoms with Gasteiger partial charge in [0.25, 0.3) is 5.91 Å². The molecule has 7 heteroatoms. The number of benzene rings is 2. The van der Waals surface area contributed by atoms with Crippen LogP contribution in [-0.4, -0.2) is 36.6 Å². The highest BCUT2D eigenvalue weighted by Crippen LogP contribution is 2.30. The van der Waals surface area contributed by atoms with E-state index in [1.807, 2.05) is 11.8 Å². The van der Waals surface area contributed by atoms with Crippen LogP contribution in [0.15, 0.2) is 36.4 Å². The van der Waals surface area contributed by atoms with Gasteiger partial charge in [-0.2, -0.15) is 0 Å². The number of hydrogen-bond donors (Lipinski definition) is 3. The molecule has 1 aliphatic rings. The molecule has 0 bridgehead atoms. The molecule has 2 aromatic carbocycles. The summed E-state index contributed by atoms with van der Waals surface area (Å²) in [6.07, 6.45) is 0.768. The van der Waals surface area contributed by atoms with Crippen molar-refractivity contribution in [1.82, 2.24) is 5.32 Å². The van der Waals surface area contributed by atoms with Crippen LogP contribution >= 0.6 is 11.6 Å². The van der Waals surface area contributed by atoms with Crippen molar-refractivity contribution in [2.45, 2.75) is 13.3 Å². The fourth-order valence-corrected chi connectivity index (χ4v) is 3.17. The summed E-state index contributed by atoms with van der Waals surface area (Å²) >= 11 is 6.34. The van der Waals surface area contributed by atoms with Gasteiger partial charge in [-0.15, -0.1) is 0 Å². The highest BCUT2D eigenvalue weighted by atomic mass is 35.5. The van der Waals surface area contributed by atoms with E-state index in [0.29, 0.717) is 23.8 Å².